The lowest BCUT2D eigenvalue weighted by Crippen LogP contribution is -2.38. The number of H-pyrrole nitrogens is 1. The number of para-hydroxylation sites is 1. The Hall–Kier alpha value is -1.39. The molecule has 0 spiro atoms. The number of rotatable bonds is 3. The van der Waals surface area contributed by atoms with Gasteiger partial charge in [-0.05, 0) is 20.8 Å². The number of nitrogens with zero attached hydrogens (tertiary/aromatic N) is 1. The second-order valence-electron chi connectivity index (χ2n) is 5.33. The Balaban J connectivity index is 2.19. The summed E-state index contributed by atoms with van der Waals surface area (Å²) in [7, 11) is 0. The highest BCUT2D eigenvalue weighted by atomic mass is 16.3. The van der Waals surface area contributed by atoms with E-state index in [1.807, 2.05) is 18.2 Å². The summed E-state index contributed by atoms with van der Waals surface area (Å²) in [6, 6.07) is 5.84. The summed E-state index contributed by atoms with van der Waals surface area (Å²) >= 11 is 0. The number of hydrogen-bond acceptors (Lipinski definition) is 3. The van der Waals surface area contributed by atoms with Crippen molar-refractivity contribution in [1.82, 2.24) is 15.5 Å². The third kappa shape index (κ3) is 2.84. The number of β-amino-alcohol motifs (C(OH)–C–C–N with tert-alkyl or cyclic N) is 1. The Labute approximate surface area is 101 Å². The maximum Gasteiger partial charge on any atom is 0.0935 e. The van der Waals surface area contributed by atoms with Gasteiger partial charge >= 0.3 is 0 Å². The monoisotopic (exact) mass is 233 g/mol. The van der Waals surface area contributed by atoms with Crippen LogP contribution in [0, 0.1) is 0 Å². The van der Waals surface area contributed by atoms with Crippen LogP contribution in [0.3, 0.4) is 0 Å². The van der Waals surface area contributed by atoms with E-state index in [9.17, 15) is 5.11 Å². The van der Waals surface area contributed by atoms with Gasteiger partial charge in [0, 0.05) is 23.0 Å². The molecule has 1 heterocycles. The van der Waals surface area contributed by atoms with E-state index in [0.717, 1.165) is 16.5 Å². The molecule has 0 aliphatic heterocycles. The van der Waals surface area contributed by atoms with Crippen molar-refractivity contribution >= 4 is 10.9 Å². The minimum Gasteiger partial charge on any atom is -0.387 e. The summed E-state index contributed by atoms with van der Waals surface area (Å²) in [5.41, 5.74) is 1.80. The molecule has 4 nitrogen and oxygen atoms in total. The normalized spacial score (nSPS) is 14.1. The third-order valence-electron chi connectivity index (χ3n) is 2.69. The first-order valence-corrected chi connectivity index (χ1v) is 5.82. The van der Waals surface area contributed by atoms with E-state index < -0.39 is 6.10 Å². The zero-order valence-corrected chi connectivity index (χ0v) is 10.5. The maximum absolute atomic E-state index is 10.2. The Morgan fingerprint density at radius 2 is 2.18 bits per heavy atom. The number of aliphatic hydroxyl groups excluding tert-OH is 1. The molecular weight excluding hydrogens is 214 g/mol. The summed E-state index contributed by atoms with van der Waals surface area (Å²) in [6.07, 6.45) is 1.24. The lowest BCUT2D eigenvalue weighted by Gasteiger charge is -2.23. The summed E-state index contributed by atoms with van der Waals surface area (Å²) in [5, 5.41) is 21.4. The van der Waals surface area contributed by atoms with Gasteiger partial charge in [-0.2, -0.15) is 5.10 Å². The van der Waals surface area contributed by atoms with E-state index in [1.54, 1.807) is 6.20 Å². The van der Waals surface area contributed by atoms with Crippen LogP contribution in [0.25, 0.3) is 10.9 Å². The standard InChI is InChI=1S/C13H19N3O/c1-13(2,3)14-8-11(17)10-6-4-5-9-7-15-16-12(9)10/h4-7,11,14,17H,8H2,1-3H3,(H,15,16)/t11-/m0/s1. The molecule has 1 atom stereocenters. The van der Waals surface area contributed by atoms with Crippen LogP contribution >= 0.6 is 0 Å². The predicted octanol–water partition coefficient (Wildman–Crippen LogP) is 1.98. The molecule has 0 unspecified atom stereocenters. The first-order valence-electron chi connectivity index (χ1n) is 5.82. The van der Waals surface area contributed by atoms with Crippen molar-refractivity contribution in [3.05, 3.63) is 30.0 Å². The second kappa shape index (κ2) is 4.47. The highest BCUT2D eigenvalue weighted by molar-refractivity contribution is 5.81. The van der Waals surface area contributed by atoms with Crippen LogP contribution in [-0.4, -0.2) is 27.4 Å². The molecule has 17 heavy (non-hydrogen) atoms. The van der Waals surface area contributed by atoms with Crippen molar-refractivity contribution < 1.29 is 5.11 Å². The fraction of sp³-hybridized carbons (Fsp3) is 0.462. The summed E-state index contributed by atoms with van der Waals surface area (Å²) in [6.45, 7) is 6.77. The van der Waals surface area contributed by atoms with Crippen molar-refractivity contribution in [3.8, 4) is 0 Å². The zero-order valence-electron chi connectivity index (χ0n) is 10.5. The van der Waals surface area contributed by atoms with Gasteiger partial charge in [0.2, 0.25) is 0 Å². The van der Waals surface area contributed by atoms with Crippen LogP contribution in [0.2, 0.25) is 0 Å². The van der Waals surface area contributed by atoms with Gasteiger partial charge in [0.1, 0.15) is 0 Å². The van der Waals surface area contributed by atoms with Crippen molar-refractivity contribution in [2.75, 3.05) is 6.54 Å². The van der Waals surface area contributed by atoms with Crippen LogP contribution in [0.4, 0.5) is 0 Å². The van der Waals surface area contributed by atoms with Crippen molar-refractivity contribution in [2.45, 2.75) is 32.4 Å². The lowest BCUT2D eigenvalue weighted by atomic mass is 10.0. The van der Waals surface area contributed by atoms with Crippen LogP contribution in [0.1, 0.15) is 32.4 Å². The quantitative estimate of drug-likeness (QED) is 0.759. The SMILES string of the molecule is CC(C)(C)NC[C@H](O)c1cccc2cn[nH]c12. The number of benzene rings is 1. The molecule has 0 fully saturated rings. The second-order valence-corrected chi connectivity index (χ2v) is 5.33. The summed E-state index contributed by atoms with van der Waals surface area (Å²) < 4.78 is 0. The molecule has 0 bridgehead atoms. The summed E-state index contributed by atoms with van der Waals surface area (Å²) in [5.74, 6) is 0. The summed E-state index contributed by atoms with van der Waals surface area (Å²) in [4.78, 5) is 0. The third-order valence-corrected chi connectivity index (χ3v) is 2.69. The molecule has 0 amide bonds. The Morgan fingerprint density at radius 1 is 1.41 bits per heavy atom. The van der Waals surface area contributed by atoms with Gasteiger partial charge in [-0.1, -0.05) is 18.2 Å². The number of aromatic amines is 1. The Kier molecular flexibility index (Phi) is 3.17. The van der Waals surface area contributed by atoms with Gasteiger partial charge in [-0.3, -0.25) is 5.10 Å². The number of nitrogens with one attached hydrogen (secondary N) is 2. The van der Waals surface area contributed by atoms with Gasteiger partial charge in [0.05, 0.1) is 17.8 Å². The number of aliphatic hydroxyl groups is 1. The molecule has 1 aromatic heterocycles. The number of hydrogen-bond donors (Lipinski definition) is 3. The lowest BCUT2D eigenvalue weighted by molar-refractivity contribution is 0.164. The van der Waals surface area contributed by atoms with E-state index >= 15 is 0 Å². The number of aromatic nitrogens is 2. The average Bonchev–Trinajstić information content (AvgIpc) is 2.72. The molecule has 0 aliphatic carbocycles. The van der Waals surface area contributed by atoms with Crippen LogP contribution in [-0.2, 0) is 0 Å². The van der Waals surface area contributed by atoms with Gasteiger partial charge in [-0.25, -0.2) is 0 Å². The molecule has 0 saturated carbocycles. The molecule has 0 saturated heterocycles. The van der Waals surface area contributed by atoms with Crippen molar-refractivity contribution in [1.29, 1.82) is 0 Å². The van der Waals surface area contributed by atoms with Gasteiger partial charge in [0.15, 0.2) is 0 Å². The highest BCUT2D eigenvalue weighted by Crippen LogP contribution is 2.22. The largest absolute Gasteiger partial charge is 0.387 e. The van der Waals surface area contributed by atoms with Crippen LogP contribution in [0.5, 0.6) is 0 Å². The van der Waals surface area contributed by atoms with E-state index in [1.165, 1.54) is 0 Å². The van der Waals surface area contributed by atoms with Crippen molar-refractivity contribution in [2.24, 2.45) is 0 Å². The van der Waals surface area contributed by atoms with Gasteiger partial charge < -0.3 is 10.4 Å². The fourth-order valence-corrected chi connectivity index (χ4v) is 1.78. The fourth-order valence-electron chi connectivity index (χ4n) is 1.78. The molecule has 2 aromatic rings. The van der Waals surface area contributed by atoms with E-state index in [0.29, 0.717) is 6.54 Å². The molecule has 0 aliphatic rings. The Morgan fingerprint density at radius 3 is 2.88 bits per heavy atom. The zero-order chi connectivity index (χ0) is 12.5. The molecule has 3 N–H and O–H groups in total. The number of fused-ring (bicyclic) bond motifs is 1. The molecule has 92 valence electrons. The minimum absolute atomic E-state index is 0.00284. The Bertz CT molecular complexity index is 499. The molecule has 1 aromatic carbocycles. The van der Waals surface area contributed by atoms with E-state index in [-0.39, 0.29) is 5.54 Å². The van der Waals surface area contributed by atoms with Crippen molar-refractivity contribution in [3.63, 3.8) is 0 Å². The first-order chi connectivity index (χ1) is 7.97. The highest BCUT2D eigenvalue weighted by Gasteiger charge is 2.15. The molecule has 0 radical (unpaired) electrons. The first kappa shape index (κ1) is 12.1. The molecule has 4 heteroatoms. The van der Waals surface area contributed by atoms with E-state index in [4.69, 9.17) is 0 Å². The van der Waals surface area contributed by atoms with Crippen LogP contribution in [0.15, 0.2) is 24.4 Å². The topological polar surface area (TPSA) is 60.9 Å². The maximum atomic E-state index is 10.2. The molecule has 2 rings (SSSR count). The van der Waals surface area contributed by atoms with Gasteiger partial charge in [-0.15, -0.1) is 0 Å². The molecular formula is C13H19N3O. The average molecular weight is 233 g/mol. The van der Waals surface area contributed by atoms with Gasteiger partial charge in [0.25, 0.3) is 0 Å². The van der Waals surface area contributed by atoms with Crippen LogP contribution < -0.4 is 5.32 Å². The smallest absolute Gasteiger partial charge is 0.0935 e. The minimum atomic E-state index is -0.529. The van der Waals surface area contributed by atoms with E-state index in [2.05, 4.69) is 36.3 Å². The predicted molar refractivity (Wildman–Crippen MR) is 68.8 cm³/mol.